The van der Waals surface area contributed by atoms with E-state index in [1.54, 1.807) is 6.92 Å². The molecule has 0 saturated carbocycles. The molecule has 0 aromatic carbocycles. The lowest BCUT2D eigenvalue weighted by Crippen LogP contribution is -2.41. The van der Waals surface area contributed by atoms with E-state index in [-0.39, 0.29) is 11.2 Å². The monoisotopic (exact) mass is 199 g/mol. The number of carbonyl (C=O) groups excluding carboxylic acids is 1. The zero-order chi connectivity index (χ0) is 10.8. The van der Waals surface area contributed by atoms with Crippen molar-refractivity contribution >= 4 is 5.78 Å². The van der Waals surface area contributed by atoms with Gasteiger partial charge in [-0.15, -0.1) is 0 Å². The molecule has 82 valence electrons. The molecule has 1 fully saturated rings. The van der Waals surface area contributed by atoms with Crippen molar-refractivity contribution in [2.45, 2.75) is 33.2 Å². The first-order valence-corrected chi connectivity index (χ1v) is 5.22. The van der Waals surface area contributed by atoms with Crippen LogP contribution in [-0.2, 0) is 9.53 Å². The molecule has 0 spiro atoms. The van der Waals surface area contributed by atoms with Gasteiger partial charge in [-0.05, 0) is 20.4 Å². The molecule has 3 nitrogen and oxygen atoms in total. The van der Waals surface area contributed by atoms with E-state index in [1.807, 2.05) is 13.8 Å². The first kappa shape index (κ1) is 11.7. The summed E-state index contributed by atoms with van der Waals surface area (Å²) in [6.45, 7) is 8.15. The number of ether oxygens (including phenoxy) is 1. The summed E-state index contributed by atoms with van der Waals surface area (Å²) in [6, 6.07) is 0.494. The zero-order valence-corrected chi connectivity index (χ0v) is 9.67. The van der Waals surface area contributed by atoms with E-state index in [1.165, 1.54) is 0 Å². The summed E-state index contributed by atoms with van der Waals surface area (Å²) in [7, 11) is 2.07. The lowest BCUT2D eigenvalue weighted by atomic mass is 9.88. The predicted octanol–water partition coefficient (Wildman–Crippen LogP) is 1.32. The maximum absolute atomic E-state index is 11.4. The van der Waals surface area contributed by atoms with Gasteiger partial charge in [0.15, 0.2) is 0 Å². The van der Waals surface area contributed by atoms with Crippen LogP contribution in [0.4, 0.5) is 0 Å². The molecule has 0 N–H and O–H groups in total. The Balaban J connectivity index is 2.46. The fraction of sp³-hybridized carbons (Fsp3) is 0.909. The largest absolute Gasteiger partial charge is 0.380 e. The van der Waals surface area contributed by atoms with Gasteiger partial charge in [-0.2, -0.15) is 0 Å². The molecule has 0 bridgehead atoms. The Hall–Kier alpha value is -0.410. The number of nitrogens with zero attached hydrogens (tertiary/aromatic N) is 1. The van der Waals surface area contributed by atoms with Gasteiger partial charge >= 0.3 is 0 Å². The van der Waals surface area contributed by atoms with Crippen LogP contribution in [0.2, 0.25) is 0 Å². The number of Topliss-reactive ketones (excluding diaryl/α,β-unsaturated/α-hetero) is 1. The van der Waals surface area contributed by atoms with Crippen molar-refractivity contribution in [3.63, 3.8) is 0 Å². The van der Waals surface area contributed by atoms with Crippen molar-refractivity contribution < 1.29 is 9.53 Å². The minimum absolute atomic E-state index is 0.239. The molecule has 1 aliphatic rings. The number of hydrogen-bond acceptors (Lipinski definition) is 3. The molecule has 0 aromatic rings. The number of likely N-dealkylation sites (N-methyl/N-ethyl adjacent to an activating group) is 1. The maximum Gasteiger partial charge on any atom is 0.136 e. The van der Waals surface area contributed by atoms with E-state index in [9.17, 15) is 4.79 Å². The summed E-state index contributed by atoms with van der Waals surface area (Å²) in [4.78, 5) is 13.6. The first-order chi connectivity index (χ1) is 6.43. The number of hydrogen-bond donors (Lipinski definition) is 0. The van der Waals surface area contributed by atoms with E-state index < -0.39 is 0 Å². The van der Waals surface area contributed by atoms with Crippen LogP contribution >= 0.6 is 0 Å². The molecule has 1 atom stereocenters. The van der Waals surface area contributed by atoms with Gasteiger partial charge in [0.05, 0.1) is 6.61 Å². The van der Waals surface area contributed by atoms with Gasteiger partial charge in [0.25, 0.3) is 0 Å². The Morgan fingerprint density at radius 2 is 2.21 bits per heavy atom. The van der Waals surface area contributed by atoms with Crippen molar-refractivity contribution in [1.29, 1.82) is 0 Å². The fourth-order valence-corrected chi connectivity index (χ4v) is 1.73. The predicted molar refractivity (Wildman–Crippen MR) is 56.3 cm³/mol. The lowest BCUT2D eigenvalue weighted by molar-refractivity contribution is -0.125. The Morgan fingerprint density at radius 1 is 1.57 bits per heavy atom. The van der Waals surface area contributed by atoms with Gasteiger partial charge in [-0.25, -0.2) is 0 Å². The molecule has 0 radical (unpaired) electrons. The third-order valence-electron chi connectivity index (χ3n) is 3.13. The normalized spacial score (nSPS) is 23.1. The topological polar surface area (TPSA) is 29.5 Å². The Kier molecular flexibility index (Phi) is 3.67. The van der Waals surface area contributed by atoms with Gasteiger partial charge in [0.2, 0.25) is 0 Å². The van der Waals surface area contributed by atoms with Gasteiger partial charge in [0.1, 0.15) is 5.78 Å². The molecule has 1 heterocycles. The minimum Gasteiger partial charge on any atom is -0.380 e. The summed E-state index contributed by atoms with van der Waals surface area (Å²) in [6.07, 6.45) is 1.09. The minimum atomic E-state index is -0.239. The van der Waals surface area contributed by atoms with Crippen molar-refractivity contribution in [3.05, 3.63) is 0 Å². The second-order valence-electron chi connectivity index (χ2n) is 4.87. The Labute approximate surface area is 86.4 Å². The van der Waals surface area contributed by atoms with Crippen molar-refractivity contribution in [2.75, 3.05) is 26.8 Å². The van der Waals surface area contributed by atoms with Crippen LogP contribution in [0.25, 0.3) is 0 Å². The summed E-state index contributed by atoms with van der Waals surface area (Å²) in [5.74, 6) is 0.253. The second-order valence-corrected chi connectivity index (χ2v) is 4.87. The van der Waals surface area contributed by atoms with Crippen LogP contribution in [0.5, 0.6) is 0 Å². The van der Waals surface area contributed by atoms with Crippen LogP contribution < -0.4 is 0 Å². The third kappa shape index (κ3) is 2.79. The van der Waals surface area contributed by atoms with Crippen LogP contribution in [0, 0.1) is 5.41 Å². The quantitative estimate of drug-likeness (QED) is 0.684. The highest BCUT2D eigenvalue weighted by Crippen LogP contribution is 2.21. The molecule has 1 aliphatic heterocycles. The van der Waals surface area contributed by atoms with Gasteiger partial charge in [0, 0.05) is 24.6 Å². The van der Waals surface area contributed by atoms with E-state index in [0.717, 1.165) is 26.2 Å². The number of rotatable bonds is 4. The number of carbonyl (C=O) groups is 1. The Morgan fingerprint density at radius 3 is 2.64 bits per heavy atom. The molecule has 1 saturated heterocycles. The van der Waals surface area contributed by atoms with Crippen molar-refractivity contribution in [1.82, 2.24) is 4.90 Å². The SMILES string of the molecule is CC(=O)C(C)(C)CN(C)C1CCOC1. The van der Waals surface area contributed by atoms with Crippen molar-refractivity contribution in [2.24, 2.45) is 5.41 Å². The molecule has 3 heteroatoms. The second kappa shape index (κ2) is 4.41. The van der Waals surface area contributed by atoms with Crippen LogP contribution in [0.3, 0.4) is 0 Å². The van der Waals surface area contributed by atoms with Gasteiger partial charge in [-0.1, -0.05) is 13.8 Å². The van der Waals surface area contributed by atoms with E-state index in [4.69, 9.17) is 4.74 Å². The smallest absolute Gasteiger partial charge is 0.136 e. The molecular weight excluding hydrogens is 178 g/mol. The summed E-state index contributed by atoms with van der Waals surface area (Å²) < 4.78 is 5.33. The Bertz CT molecular complexity index is 207. The molecule has 1 unspecified atom stereocenters. The lowest BCUT2D eigenvalue weighted by Gasteiger charge is -2.31. The van der Waals surface area contributed by atoms with Crippen molar-refractivity contribution in [3.8, 4) is 0 Å². The molecule has 0 aromatic heterocycles. The number of ketones is 1. The summed E-state index contributed by atoms with van der Waals surface area (Å²) >= 11 is 0. The fourth-order valence-electron chi connectivity index (χ4n) is 1.73. The molecule has 0 aliphatic carbocycles. The average molecular weight is 199 g/mol. The molecule has 1 rings (SSSR count). The molecule has 0 amide bonds. The summed E-state index contributed by atoms with van der Waals surface area (Å²) in [5, 5.41) is 0. The highest BCUT2D eigenvalue weighted by Gasteiger charge is 2.29. The van der Waals surface area contributed by atoms with Crippen LogP contribution in [0.15, 0.2) is 0 Å². The molecular formula is C11H21NO2. The zero-order valence-electron chi connectivity index (χ0n) is 9.67. The molecule has 14 heavy (non-hydrogen) atoms. The first-order valence-electron chi connectivity index (χ1n) is 5.22. The third-order valence-corrected chi connectivity index (χ3v) is 3.13. The van der Waals surface area contributed by atoms with Crippen LogP contribution in [0.1, 0.15) is 27.2 Å². The van der Waals surface area contributed by atoms with E-state index in [0.29, 0.717) is 6.04 Å². The van der Waals surface area contributed by atoms with Gasteiger partial charge in [-0.3, -0.25) is 4.79 Å². The summed E-state index contributed by atoms with van der Waals surface area (Å²) in [5.41, 5.74) is -0.239. The van der Waals surface area contributed by atoms with Gasteiger partial charge < -0.3 is 9.64 Å². The highest BCUT2D eigenvalue weighted by molar-refractivity contribution is 5.81. The van der Waals surface area contributed by atoms with Crippen LogP contribution in [-0.4, -0.2) is 43.5 Å². The highest BCUT2D eigenvalue weighted by atomic mass is 16.5. The van der Waals surface area contributed by atoms with E-state index in [2.05, 4.69) is 11.9 Å². The standard InChI is InChI=1S/C11H21NO2/c1-9(13)11(2,3)8-12(4)10-5-6-14-7-10/h10H,5-8H2,1-4H3. The average Bonchev–Trinajstić information content (AvgIpc) is 2.54. The van der Waals surface area contributed by atoms with E-state index >= 15 is 0 Å². The maximum atomic E-state index is 11.4.